The van der Waals surface area contributed by atoms with E-state index in [0.29, 0.717) is 0 Å². The molecule has 8 nitrogen and oxygen atoms in total. The maximum absolute atomic E-state index is 11.8. The van der Waals surface area contributed by atoms with E-state index in [1.807, 2.05) is 0 Å². The van der Waals surface area contributed by atoms with E-state index in [2.05, 4.69) is 15.5 Å². The third kappa shape index (κ3) is 2.46. The van der Waals surface area contributed by atoms with Gasteiger partial charge < -0.3 is 20.6 Å². The first-order valence-corrected chi connectivity index (χ1v) is 5.10. The van der Waals surface area contributed by atoms with Gasteiger partial charge in [0.05, 0.1) is 0 Å². The van der Waals surface area contributed by atoms with Crippen LogP contribution in [-0.2, 0) is 0 Å². The first kappa shape index (κ1) is 12.4. The zero-order chi connectivity index (χ0) is 14.0. The van der Waals surface area contributed by atoms with Crippen molar-refractivity contribution in [3.8, 4) is 11.5 Å². The zero-order valence-corrected chi connectivity index (χ0v) is 9.41. The average molecular weight is 263 g/mol. The zero-order valence-electron chi connectivity index (χ0n) is 9.41. The molecule has 8 heteroatoms. The summed E-state index contributed by atoms with van der Waals surface area (Å²) in [5.74, 6) is -2.86. The Morgan fingerprint density at radius 1 is 1.21 bits per heavy atom. The standard InChI is InChI=1S/C11H9N3O5/c15-6-2-1-3-7(16)9(6)10(17)12-8-4-5(11(18)19)13-14-8/h1-4,15-16H,(H,18,19)(H2,12,13,14,17). The van der Waals surface area contributed by atoms with E-state index in [9.17, 15) is 19.8 Å². The van der Waals surface area contributed by atoms with E-state index < -0.39 is 23.4 Å². The van der Waals surface area contributed by atoms with Crippen LogP contribution in [0.4, 0.5) is 5.82 Å². The fourth-order valence-electron chi connectivity index (χ4n) is 1.44. The molecule has 1 aromatic carbocycles. The number of benzene rings is 1. The van der Waals surface area contributed by atoms with Crippen molar-refractivity contribution in [3.63, 3.8) is 0 Å². The van der Waals surface area contributed by atoms with Crippen molar-refractivity contribution in [2.75, 3.05) is 5.32 Å². The molecule has 98 valence electrons. The molecule has 1 amide bonds. The Labute approximate surface area is 106 Å². The minimum absolute atomic E-state index is 0.0370. The van der Waals surface area contributed by atoms with Gasteiger partial charge in [-0.25, -0.2) is 4.79 Å². The van der Waals surface area contributed by atoms with Crippen molar-refractivity contribution in [2.45, 2.75) is 0 Å². The smallest absolute Gasteiger partial charge is 0.353 e. The van der Waals surface area contributed by atoms with Crippen LogP contribution in [0.3, 0.4) is 0 Å². The number of aromatic hydroxyl groups is 2. The molecule has 0 aliphatic carbocycles. The lowest BCUT2D eigenvalue weighted by Gasteiger charge is -2.05. The molecule has 1 heterocycles. The molecule has 5 N–H and O–H groups in total. The Morgan fingerprint density at radius 3 is 2.37 bits per heavy atom. The number of nitrogens with zero attached hydrogens (tertiary/aromatic N) is 1. The molecular weight excluding hydrogens is 254 g/mol. The van der Waals surface area contributed by atoms with Crippen LogP contribution in [0.15, 0.2) is 24.3 Å². The second-order valence-corrected chi connectivity index (χ2v) is 3.60. The number of aromatic amines is 1. The predicted octanol–water partition coefficient (Wildman–Crippen LogP) is 0.771. The van der Waals surface area contributed by atoms with Gasteiger partial charge in [-0.15, -0.1) is 0 Å². The number of carboxylic acids is 1. The van der Waals surface area contributed by atoms with Crippen molar-refractivity contribution in [1.29, 1.82) is 0 Å². The molecule has 2 aromatic rings. The van der Waals surface area contributed by atoms with Crippen LogP contribution in [0.25, 0.3) is 0 Å². The van der Waals surface area contributed by atoms with Gasteiger partial charge in [0, 0.05) is 6.07 Å². The molecule has 0 aliphatic heterocycles. The maximum Gasteiger partial charge on any atom is 0.353 e. The van der Waals surface area contributed by atoms with Crippen molar-refractivity contribution < 1.29 is 24.9 Å². The van der Waals surface area contributed by atoms with Crippen LogP contribution in [0, 0.1) is 0 Å². The van der Waals surface area contributed by atoms with Crippen LogP contribution >= 0.6 is 0 Å². The summed E-state index contributed by atoms with van der Waals surface area (Å²) in [6.07, 6.45) is 0. The lowest BCUT2D eigenvalue weighted by atomic mass is 10.1. The number of carbonyl (C=O) groups is 2. The first-order chi connectivity index (χ1) is 8.99. The molecule has 0 saturated heterocycles. The number of aromatic carboxylic acids is 1. The lowest BCUT2D eigenvalue weighted by molar-refractivity contribution is 0.0690. The van der Waals surface area contributed by atoms with Gasteiger partial charge in [0.1, 0.15) is 22.8 Å². The highest BCUT2D eigenvalue weighted by atomic mass is 16.4. The van der Waals surface area contributed by atoms with E-state index >= 15 is 0 Å². The topological polar surface area (TPSA) is 136 Å². The van der Waals surface area contributed by atoms with Crippen molar-refractivity contribution in [1.82, 2.24) is 10.2 Å². The molecule has 0 atom stereocenters. The Bertz CT molecular complexity index is 629. The highest BCUT2D eigenvalue weighted by Gasteiger charge is 2.17. The molecule has 2 rings (SSSR count). The summed E-state index contributed by atoms with van der Waals surface area (Å²) in [5.41, 5.74) is -0.515. The van der Waals surface area contributed by atoms with Gasteiger partial charge in [-0.3, -0.25) is 9.89 Å². The van der Waals surface area contributed by atoms with E-state index in [4.69, 9.17) is 5.11 Å². The highest BCUT2D eigenvalue weighted by molar-refractivity contribution is 6.07. The van der Waals surface area contributed by atoms with Crippen molar-refractivity contribution in [2.24, 2.45) is 0 Å². The van der Waals surface area contributed by atoms with Crippen molar-refractivity contribution in [3.05, 3.63) is 35.5 Å². The number of hydrogen-bond acceptors (Lipinski definition) is 5. The quantitative estimate of drug-likeness (QED) is 0.555. The maximum atomic E-state index is 11.8. The molecule has 0 spiro atoms. The summed E-state index contributed by atoms with van der Waals surface area (Å²) >= 11 is 0. The van der Waals surface area contributed by atoms with Crippen LogP contribution in [-0.4, -0.2) is 37.4 Å². The van der Waals surface area contributed by atoms with Gasteiger partial charge in [-0.1, -0.05) is 6.07 Å². The number of anilines is 1. The predicted molar refractivity (Wildman–Crippen MR) is 63.3 cm³/mol. The van der Waals surface area contributed by atoms with Crippen molar-refractivity contribution >= 4 is 17.7 Å². The summed E-state index contributed by atoms with van der Waals surface area (Å²) < 4.78 is 0. The molecule has 0 fully saturated rings. The van der Waals surface area contributed by atoms with Gasteiger partial charge in [0.25, 0.3) is 5.91 Å². The molecule has 0 bridgehead atoms. The van der Waals surface area contributed by atoms with Crippen LogP contribution < -0.4 is 5.32 Å². The Balaban J connectivity index is 2.23. The fourth-order valence-corrected chi connectivity index (χ4v) is 1.44. The van der Waals surface area contributed by atoms with E-state index in [-0.39, 0.29) is 17.1 Å². The number of carbonyl (C=O) groups excluding carboxylic acids is 1. The Morgan fingerprint density at radius 2 is 1.84 bits per heavy atom. The van der Waals surface area contributed by atoms with E-state index in [0.717, 1.165) is 6.07 Å². The Hall–Kier alpha value is -3.03. The number of nitrogens with one attached hydrogen (secondary N) is 2. The summed E-state index contributed by atoms with van der Waals surface area (Å²) in [4.78, 5) is 22.4. The molecule has 0 saturated carbocycles. The summed E-state index contributed by atoms with van der Waals surface area (Å²) in [5, 5.41) is 35.7. The molecule has 0 unspecified atom stereocenters. The number of H-pyrrole nitrogens is 1. The van der Waals surface area contributed by atoms with E-state index in [1.54, 1.807) is 0 Å². The second kappa shape index (κ2) is 4.69. The minimum atomic E-state index is -1.22. The van der Waals surface area contributed by atoms with E-state index in [1.165, 1.54) is 18.2 Å². The summed E-state index contributed by atoms with van der Waals surface area (Å²) in [6.45, 7) is 0. The van der Waals surface area contributed by atoms with Gasteiger partial charge in [-0.2, -0.15) is 5.10 Å². The first-order valence-electron chi connectivity index (χ1n) is 5.10. The molecule has 19 heavy (non-hydrogen) atoms. The number of phenols is 2. The minimum Gasteiger partial charge on any atom is -0.507 e. The molecule has 1 aromatic heterocycles. The number of phenolic OH excluding ortho intramolecular Hbond substituents is 2. The Kier molecular flexibility index (Phi) is 3.06. The second-order valence-electron chi connectivity index (χ2n) is 3.60. The molecular formula is C11H9N3O5. The van der Waals surface area contributed by atoms with Gasteiger partial charge in [-0.05, 0) is 12.1 Å². The number of carboxylic acid groups (broad SMARTS) is 1. The van der Waals surface area contributed by atoms with Crippen LogP contribution in [0.2, 0.25) is 0 Å². The molecule has 0 radical (unpaired) electrons. The van der Waals surface area contributed by atoms with Gasteiger partial charge >= 0.3 is 5.97 Å². The third-order valence-corrected chi connectivity index (χ3v) is 2.30. The number of amides is 1. The number of aromatic nitrogens is 2. The average Bonchev–Trinajstić information content (AvgIpc) is 2.77. The highest BCUT2D eigenvalue weighted by Crippen LogP contribution is 2.26. The fraction of sp³-hybridized carbons (Fsp3) is 0. The summed E-state index contributed by atoms with van der Waals surface area (Å²) in [7, 11) is 0. The van der Waals surface area contributed by atoms with Crippen LogP contribution in [0.5, 0.6) is 11.5 Å². The van der Waals surface area contributed by atoms with Gasteiger partial charge in [0.15, 0.2) is 5.82 Å². The van der Waals surface area contributed by atoms with Crippen LogP contribution in [0.1, 0.15) is 20.8 Å². The van der Waals surface area contributed by atoms with Gasteiger partial charge in [0.2, 0.25) is 0 Å². The number of rotatable bonds is 3. The third-order valence-electron chi connectivity index (χ3n) is 2.30. The largest absolute Gasteiger partial charge is 0.507 e. The lowest BCUT2D eigenvalue weighted by Crippen LogP contribution is -2.12. The SMILES string of the molecule is O=C(O)c1cc(NC(=O)c2c(O)cccc2O)n[nH]1. The number of hydrogen-bond donors (Lipinski definition) is 5. The summed E-state index contributed by atoms with van der Waals surface area (Å²) in [6, 6.07) is 4.96. The monoisotopic (exact) mass is 263 g/mol. The molecule has 0 aliphatic rings. The normalized spacial score (nSPS) is 10.1.